The molecule has 4 rings (SSSR count). The first kappa shape index (κ1) is 23.9. The van der Waals surface area contributed by atoms with Gasteiger partial charge in [-0.3, -0.25) is 4.79 Å². The third-order valence-corrected chi connectivity index (χ3v) is 7.88. The summed E-state index contributed by atoms with van der Waals surface area (Å²) < 4.78 is 10.9. The molecule has 1 heterocycles. The van der Waals surface area contributed by atoms with Crippen LogP contribution in [0.4, 0.5) is 0 Å². The summed E-state index contributed by atoms with van der Waals surface area (Å²) in [6.07, 6.45) is 4.77. The van der Waals surface area contributed by atoms with Gasteiger partial charge >= 0.3 is 0 Å². The number of aromatic nitrogens is 1. The van der Waals surface area contributed by atoms with E-state index in [4.69, 9.17) is 32.7 Å². The number of hydrogen-bond donors (Lipinski definition) is 1. The van der Waals surface area contributed by atoms with Crippen LogP contribution in [0.2, 0.25) is 10.0 Å². The molecule has 1 aliphatic rings. The van der Waals surface area contributed by atoms with Gasteiger partial charge in [0, 0.05) is 33.8 Å². The van der Waals surface area contributed by atoms with Crippen molar-refractivity contribution in [1.29, 1.82) is 0 Å². The highest BCUT2D eigenvalue weighted by Crippen LogP contribution is 2.43. The van der Waals surface area contributed by atoms with Crippen LogP contribution in [0.5, 0.6) is 11.5 Å². The lowest BCUT2D eigenvalue weighted by molar-refractivity contribution is 0.0938. The first-order valence-electron chi connectivity index (χ1n) is 10.8. The second kappa shape index (κ2) is 10.3. The van der Waals surface area contributed by atoms with E-state index in [-0.39, 0.29) is 11.3 Å². The Morgan fingerprint density at radius 1 is 1.09 bits per heavy atom. The van der Waals surface area contributed by atoms with E-state index in [0.29, 0.717) is 40.2 Å². The number of methoxy groups -OCH3 is 2. The molecule has 1 fully saturated rings. The molecule has 1 aromatic heterocycles. The highest BCUT2D eigenvalue weighted by molar-refractivity contribution is 7.09. The van der Waals surface area contributed by atoms with Crippen LogP contribution >= 0.6 is 34.5 Å². The fraction of sp³-hybridized carbons (Fsp3) is 0.360. The molecule has 2 aromatic carbocycles. The molecule has 1 N–H and O–H groups in total. The van der Waals surface area contributed by atoms with Crippen LogP contribution in [0.1, 0.15) is 52.3 Å². The molecule has 174 valence electrons. The Hall–Kier alpha value is -2.28. The number of nitrogens with one attached hydrogen (secondary N) is 1. The number of hydrogen-bond acceptors (Lipinski definition) is 5. The zero-order valence-corrected chi connectivity index (χ0v) is 20.9. The molecule has 0 unspecified atom stereocenters. The summed E-state index contributed by atoms with van der Waals surface area (Å²) in [5.74, 6) is 1.23. The van der Waals surface area contributed by atoms with Crippen LogP contribution in [-0.2, 0) is 11.8 Å². The van der Waals surface area contributed by atoms with Crippen molar-refractivity contribution in [3.63, 3.8) is 0 Å². The Morgan fingerprint density at radius 3 is 2.45 bits per heavy atom. The minimum absolute atomic E-state index is 0.126. The molecular formula is C25H26Cl2N2O3S. The monoisotopic (exact) mass is 504 g/mol. The second-order valence-electron chi connectivity index (χ2n) is 8.24. The molecular weight excluding hydrogens is 479 g/mol. The Kier molecular flexibility index (Phi) is 7.47. The van der Waals surface area contributed by atoms with Gasteiger partial charge in [-0.15, -0.1) is 11.3 Å². The fourth-order valence-electron chi connectivity index (χ4n) is 4.47. The minimum Gasteiger partial charge on any atom is -0.493 e. The zero-order valence-electron chi connectivity index (χ0n) is 18.6. The summed E-state index contributed by atoms with van der Waals surface area (Å²) >= 11 is 14.0. The molecule has 0 radical (unpaired) electrons. The summed E-state index contributed by atoms with van der Waals surface area (Å²) in [7, 11) is 3.27. The summed E-state index contributed by atoms with van der Waals surface area (Å²) in [6.45, 7) is 0.546. The van der Waals surface area contributed by atoms with Crippen LogP contribution in [0.3, 0.4) is 0 Å². The third-order valence-electron chi connectivity index (χ3n) is 6.32. The number of thiazole rings is 1. The number of carbonyl (C=O) groups is 1. The maximum Gasteiger partial charge on any atom is 0.270 e. The van der Waals surface area contributed by atoms with Crippen LogP contribution in [0.15, 0.2) is 41.8 Å². The van der Waals surface area contributed by atoms with E-state index in [9.17, 15) is 4.79 Å². The Labute approximate surface area is 208 Å². The van der Waals surface area contributed by atoms with Gasteiger partial charge in [0.25, 0.3) is 5.91 Å². The number of rotatable bonds is 8. The number of ether oxygens (including phenoxy) is 2. The maximum absolute atomic E-state index is 12.9. The molecule has 33 heavy (non-hydrogen) atoms. The Balaban J connectivity index is 1.47. The maximum atomic E-state index is 12.9. The third kappa shape index (κ3) is 5.13. The van der Waals surface area contributed by atoms with Crippen molar-refractivity contribution in [1.82, 2.24) is 10.3 Å². The predicted molar refractivity (Wildman–Crippen MR) is 133 cm³/mol. The standard InChI is InChI=1S/C25H26Cl2N2O3S/c1-31-21-9-8-16(12-22(21)32-2)25(10-3-4-11-25)15-28-24(30)20-14-33-23(29-20)13-17-18(26)6-5-7-19(17)27/h5-9,12,14H,3-4,10-11,13,15H2,1-2H3,(H,28,30). The SMILES string of the molecule is COc1ccc(C2(CNC(=O)c3csc(Cc4c(Cl)cccc4Cl)n3)CCCC2)cc1OC. The van der Waals surface area contributed by atoms with Crippen LogP contribution in [-0.4, -0.2) is 31.7 Å². The average Bonchev–Trinajstić information content (AvgIpc) is 3.50. The molecule has 1 saturated carbocycles. The van der Waals surface area contributed by atoms with E-state index in [0.717, 1.165) is 41.8 Å². The van der Waals surface area contributed by atoms with E-state index in [1.54, 1.807) is 31.7 Å². The van der Waals surface area contributed by atoms with E-state index >= 15 is 0 Å². The number of nitrogens with zero attached hydrogens (tertiary/aromatic N) is 1. The lowest BCUT2D eigenvalue weighted by Crippen LogP contribution is -2.39. The molecule has 0 bridgehead atoms. The Morgan fingerprint density at radius 2 is 1.79 bits per heavy atom. The van der Waals surface area contributed by atoms with Gasteiger partial charge in [-0.25, -0.2) is 4.98 Å². The molecule has 8 heteroatoms. The molecule has 0 spiro atoms. The molecule has 0 atom stereocenters. The van der Waals surface area contributed by atoms with Crippen molar-refractivity contribution in [3.8, 4) is 11.5 Å². The summed E-state index contributed by atoms with van der Waals surface area (Å²) in [5, 5.41) is 6.91. The van der Waals surface area contributed by atoms with Crippen molar-refractivity contribution in [2.45, 2.75) is 37.5 Å². The lowest BCUT2D eigenvalue weighted by Gasteiger charge is -2.30. The van der Waals surface area contributed by atoms with E-state index in [1.807, 2.05) is 18.2 Å². The van der Waals surface area contributed by atoms with Gasteiger partial charge in [0.05, 0.1) is 19.2 Å². The fourth-order valence-corrected chi connectivity index (χ4v) is 5.79. The second-order valence-corrected chi connectivity index (χ2v) is 10.0. The summed E-state index contributed by atoms with van der Waals surface area (Å²) in [4.78, 5) is 17.5. The van der Waals surface area contributed by atoms with Crippen molar-refractivity contribution < 1.29 is 14.3 Å². The van der Waals surface area contributed by atoms with E-state index in [1.165, 1.54) is 11.3 Å². The molecule has 1 aliphatic carbocycles. The van der Waals surface area contributed by atoms with Crippen molar-refractivity contribution >= 4 is 40.4 Å². The smallest absolute Gasteiger partial charge is 0.270 e. The minimum atomic E-state index is -0.172. The van der Waals surface area contributed by atoms with Gasteiger partial charge in [0.1, 0.15) is 5.69 Å². The van der Waals surface area contributed by atoms with Gasteiger partial charge in [-0.1, -0.05) is 48.2 Å². The normalized spacial score (nSPS) is 14.8. The molecule has 0 aliphatic heterocycles. The van der Waals surface area contributed by atoms with E-state index < -0.39 is 0 Å². The zero-order chi connectivity index (χ0) is 23.4. The first-order chi connectivity index (χ1) is 16.0. The van der Waals surface area contributed by atoms with E-state index in [2.05, 4.69) is 16.4 Å². The highest BCUT2D eigenvalue weighted by Gasteiger charge is 2.36. The van der Waals surface area contributed by atoms with Crippen molar-refractivity contribution in [2.75, 3.05) is 20.8 Å². The molecule has 1 amide bonds. The Bertz CT molecular complexity index is 1120. The van der Waals surface area contributed by atoms with Gasteiger partial charge < -0.3 is 14.8 Å². The van der Waals surface area contributed by atoms with Crippen LogP contribution in [0.25, 0.3) is 0 Å². The summed E-state index contributed by atoms with van der Waals surface area (Å²) in [5.41, 5.74) is 2.27. The highest BCUT2D eigenvalue weighted by atomic mass is 35.5. The first-order valence-corrected chi connectivity index (χ1v) is 12.5. The molecule has 5 nitrogen and oxygen atoms in total. The molecule has 3 aromatic rings. The number of amides is 1. The predicted octanol–water partition coefficient (Wildman–Crippen LogP) is 6.30. The average molecular weight is 505 g/mol. The number of benzene rings is 2. The van der Waals surface area contributed by atoms with Crippen LogP contribution < -0.4 is 14.8 Å². The summed E-state index contributed by atoms with van der Waals surface area (Å²) in [6, 6.07) is 11.5. The number of halogens is 2. The topological polar surface area (TPSA) is 60.5 Å². The van der Waals surface area contributed by atoms with Crippen molar-refractivity contribution in [2.24, 2.45) is 0 Å². The number of carbonyl (C=O) groups excluding carboxylic acids is 1. The van der Waals surface area contributed by atoms with Gasteiger partial charge in [-0.05, 0) is 48.2 Å². The van der Waals surface area contributed by atoms with Crippen LogP contribution in [0, 0.1) is 0 Å². The quantitative estimate of drug-likeness (QED) is 0.390. The van der Waals surface area contributed by atoms with Gasteiger partial charge in [0.2, 0.25) is 0 Å². The van der Waals surface area contributed by atoms with Gasteiger partial charge in [-0.2, -0.15) is 0 Å². The van der Waals surface area contributed by atoms with Gasteiger partial charge in [0.15, 0.2) is 11.5 Å². The molecule has 0 saturated heterocycles. The largest absolute Gasteiger partial charge is 0.493 e. The van der Waals surface area contributed by atoms with Crippen molar-refractivity contribution in [3.05, 3.63) is 73.7 Å². The lowest BCUT2D eigenvalue weighted by atomic mass is 9.78.